The molecule has 0 saturated carbocycles. The number of rotatable bonds is 6. The molecule has 2 aromatic rings. The Morgan fingerprint density at radius 1 is 1.19 bits per heavy atom. The highest BCUT2D eigenvalue weighted by Gasteiger charge is 2.16. The molecule has 0 aliphatic rings. The summed E-state index contributed by atoms with van der Waals surface area (Å²) in [5.74, 6) is -0.970. The van der Waals surface area contributed by atoms with Gasteiger partial charge in [0, 0.05) is 18.1 Å². The van der Waals surface area contributed by atoms with E-state index in [0.29, 0.717) is 10.9 Å². The molecule has 0 aliphatic carbocycles. The maximum absolute atomic E-state index is 12.2. The van der Waals surface area contributed by atoms with Crippen LogP contribution in [0.1, 0.15) is 10.4 Å². The zero-order valence-electron chi connectivity index (χ0n) is 10.8. The molecule has 0 spiro atoms. The highest BCUT2D eigenvalue weighted by Crippen LogP contribution is 2.17. The van der Waals surface area contributed by atoms with Crippen LogP contribution in [-0.4, -0.2) is 41.0 Å². The van der Waals surface area contributed by atoms with E-state index >= 15 is 0 Å². The van der Waals surface area contributed by atoms with Gasteiger partial charge in [-0.15, -0.1) is 0 Å². The van der Waals surface area contributed by atoms with Gasteiger partial charge in [0.1, 0.15) is 0 Å². The molecule has 0 saturated heterocycles. The Hall–Kier alpha value is -1.93. The first-order valence-electron chi connectivity index (χ1n) is 5.95. The largest absolute Gasteiger partial charge is 0.478 e. The molecule has 1 N–H and O–H groups in total. The Morgan fingerprint density at radius 2 is 1.90 bits per heavy atom. The van der Waals surface area contributed by atoms with Gasteiger partial charge in [0.2, 0.25) is 0 Å². The molecule has 1 heterocycles. The molecule has 0 aliphatic heterocycles. The van der Waals surface area contributed by atoms with E-state index in [0.717, 1.165) is 0 Å². The van der Waals surface area contributed by atoms with E-state index in [2.05, 4.69) is 9.97 Å². The van der Waals surface area contributed by atoms with Crippen LogP contribution in [0.2, 0.25) is 0 Å². The van der Waals surface area contributed by atoms with Crippen molar-refractivity contribution in [1.29, 1.82) is 0 Å². The van der Waals surface area contributed by atoms with Gasteiger partial charge in [-0.2, -0.15) is 0 Å². The molecule has 0 radical (unpaired) electrons. The number of hydrogen-bond acceptors (Lipinski definition) is 6. The number of hydrogen-bond donors (Lipinski definition) is 1. The van der Waals surface area contributed by atoms with Crippen molar-refractivity contribution in [2.75, 3.05) is 11.5 Å². The summed E-state index contributed by atoms with van der Waals surface area (Å²) in [7, 11) is -3.53. The second-order valence-corrected chi connectivity index (χ2v) is 7.20. The van der Waals surface area contributed by atoms with Crippen LogP contribution >= 0.6 is 11.8 Å². The van der Waals surface area contributed by atoms with E-state index in [4.69, 9.17) is 5.11 Å². The molecular formula is C13H12N2O4S2. The molecule has 0 bridgehead atoms. The predicted molar refractivity (Wildman–Crippen MR) is 78.2 cm³/mol. The predicted octanol–water partition coefficient (Wildman–Crippen LogP) is 1.74. The summed E-state index contributed by atoms with van der Waals surface area (Å²) >= 11 is 1.23. The minimum Gasteiger partial charge on any atom is -0.478 e. The third kappa shape index (κ3) is 4.27. The fourth-order valence-corrected chi connectivity index (χ4v) is 4.04. The van der Waals surface area contributed by atoms with Gasteiger partial charge in [-0.05, 0) is 24.3 Å². The number of aromatic nitrogens is 2. The first-order chi connectivity index (χ1) is 9.99. The Labute approximate surface area is 126 Å². The highest BCUT2D eigenvalue weighted by atomic mass is 32.2. The van der Waals surface area contributed by atoms with Crippen molar-refractivity contribution in [3.8, 4) is 0 Å². The van der Waals surface area contributed by atoms with Gasteiger partial charge in [-0.1, -0.05) is 17.8 Å². The molecule has 0 amide bonds. The number of aromatic carboxylic acids is 1. The number of sulfone groups is 1. The van der Waals surface area contributed by atoms with E-state index < -0.39 is 15.8 Å². The number of carboxylic acids is 1. The number of thioether (sulfide) groups is 1. The van der Waals surface area contributed by atoms with Crippen LogP contribution in [0.4, 0.5) is 0 Å². The highest BCUT2D eigenvalue weighted by molar-refractivity contribution is 8.00. The van der Waals surface area contributed by atoms with E-state index in [9.17, 15) is 13.2 Å². The lowest BCUT2D eigenvalue weighted by atomic mass is 10.2. The molecule has 21 heavy (non-hydrogen) atoms. The number of benzene rings is 1. The third-order valence-electron chi connectivity index (χ3n) is 2.57. The van der Waals surface area contributed by atoms with Crippen LogP contribution in [0.3, 0.4) is 0 Å². The normalized spacial score (nSPS) is 11.2. The summed E-state index contributed by atoms with van der Waals surface area (Å²) in [4.78, 5) is 18.9. The number of carbonyl (C=O) groups is 1. The van der Waals surface area contributed by atoms with Crippen molar-refractivity contribution in [1.82, 2.24) is 9.97 Å². The molecule has 2 rings (SSSR count). The van der Waals surface area contributed by atoms with Crippen LogP contribution < -0.4 is 0 Å². The monoisotopic (exact) mass is 324 g/mol. The summed E-state index contributed by atoms with van der Waals surface area (Å²) < 4.78 is 24.3. The lowest BCUT2D eigenvalue weighted by Gasteiger charge is -2.05. The lowest BCUT2D eigenvalue weighted by molar-refractivity contribution is 0.0696. The molecule has 0 fully saturated rings. The third-order valence-corrected chi connectivity index (χ3v) is 5.41. The van der Waals surface area contributed by atoms with Gasteiger partial charge in [0.15, 0.2) is 15.0 Å². The minimum absolute atomic E-state index is 0.0111. The molecule has 0 unspecified atom stereocenters. The van der Waals surface area contributed by atoms with Crippen LogP contribution in [0.15, 0.2) is 52.8 Å². The Kier molecular flexibility index (Phi) is 4.92. The number of carboxylic acid groups (broad SMARTS) is 1. The summed E-state index contributed by atoms with van der Waals surface area (Å²) in [5.41, 5.74) is -0.0462. The summed E-state index contributed by atoms with van der Waals surface area (Å²) in [6, 6.07) is 7.02. The van der Waals surface area contributed by atoms with Gasteiger partial charge in [-0.25, -0.2) is 23.2 Å². The molecule has 6 nitrogen and oxygen atoms in total. The van der Waals surface area contributed by atoms with Crippen molar-refractivity contribution in [2.45, 2.75) is 10.1 Å². The van der Waals surface area contributed by atoms with Gasteiger partial charge in [0.25, 0.3) is 0 Å². The summed E-state index contributed by atoms with van der Waals surface area (Å²) in [6.07, 6.45) is 3.17. The van der Waals surface area contributed by atoms with Crippen LogP contribution in [-0.2, 0) is 9.84 Å². The standard InChI is InChI=1S/C13H12N2O4S2/c16-12(17)10-3-1-4-11(9-10)21(18,19)8-7-20-13-14-5-2-6-15-13/h1-6,9H,7-8H2,(H,16,17). The molecule has 1 aromatic heterocycles. The number of nitrogens with zero attached hydrogens (tertiary/aromatic N) is 2. The molecule has 110 valence electrons. The van der Waals surface area contributed by atoms with Crippen molar-refractivity contribution in [3.05, 3.63) is 48.3 Å². The van der Waals surface area contributed by atoms with Crippen molar-refractivity contribution >= 4 is 27.6 Å². The molecule has 1 aromatic carbocycles. The van der Waals surface area contributed by atoms with Crippen molar-refractivity contribution in [2.24, 2.45) is 0 Å². The van der Waals surface area contributed by atoms with Gasteiger partial charge in [-0.3, -0.25) is 0 Å². The Morgan fingerprint density at radius 3 is 2.57 bits per heavy atom. The van der Waals surface area contributed by atoms with Crippen molar-refractivity contribution < 1.29 is 18.3 Å². The maximum Gasteiger partial charge on any atom is 0.335 e. The van der Waals surface area contributed by atoms with Crippen LogP contribution in [0.5, 0.6) is 0 Å². The average Bonchev–Trinajstić information content (AvgIpc) is 2.48. The second kappa shape index (κ2) is 6.68. The fourth-order valence-electron chi connectivity index (χ4n) is 1.54. The second-order valence-electron chi connectivity index (χ2n) is 4.03. The van der Waals surface area contributed by atoms with E-state index in [-0.39, 0.29) is 16.2 Å². The van der Waals surface area contributed by atoms with Crippen molar-refractivity contribution in [3.63, 3.8) is 0 Å². The summed E-state index contributed by atoms with van der Waals surface area (Å²) in [5, 5.41) is 9.39. The van der Waals surface area contributed by atoms with E-state index in [1.54, 1.807) is 18.5 Å². The van der Waals surface area contributed by atoms with Crippen LogP contribution in [0.25, 0.3) is 0 Å². The minimum atomic E-state index is -3.53. The zero-order chi connectivity index (χ0) is 15.3. The van der Waals surface area contributed by atoms with Gasteiger partial charge >= 0.3 is 5.97 Å². The lowest BCUT2D eigenvalue weighted by Crippen LogP contribution is -2.10. The average molecular weight is 324 g/mol. The maximum atomic E-state index is 12.2. The topological polar surface area (TPSA) is 97.2 Å². The molecular weight excluding hydrogens is 312 g/mol. The van der Waals surface area contributed by atoms with E-state index in [1.165, 1.54) is 36.0 Å². The van der Waals surface area contributed by atoms with Gasteiger partial charge < -0.3 is 5.11 Å². The Bertz CT molecular complexity index is 733. The Balaban J connectivity index is 2.05. The first-order valence-corrected chi connectivity index (χ1v) is 8.59. The first kappa shape index (κ1) is 15.5. The van der Waals surface area contributed by atoms with E-state index in [1.807, 2.05) is 0 Å². The summed E-state index contributed by atoms with van der Waals surface area (Å²) in [6.45, 7) is 0. The smallest absolute Gasteiger partial charge is 0.335 e. The zero-order valence-corrected chi connectivity index (χ0v) is 12.5. The van der Waals surface area contributed by atoms with Gasteiger partial charge in [0.05, 0.1) is 16.2 Å². The quantitative estimate of drug-likeness (QED) is 0.638. The van der Waals surface area contributed by atoms with Crippen LogP contribution in [0, 0.1) is 0 Å². The SMILES string of the molecule is O=C(O)c1cccc(S(=O)(=O)CCSc2ncccn2)c1. The fraction of sp³-hybridized carbons (Fsp3) is 0.154. The molecule has 0 atom stereocenters. The molecule has 8 heteroatoms.